The number of nitrogens with one attached hydrogen (secondary N) is 2. The molecule has 0 saturated carbocycles. The highest BCUT2D eigenvalue weighted by Gasteiger charge is 2.05. The summed E-state index contributed by atoms with van der Waals surface area (Å²) < 4.78 is 0. The first-order valence-electron chi connectivity index (χ1n) is 6.53. The summed E-state index contributed by atoms with van der Waals surface area (Å²) in [6, 6.07) is 8.95. The van der Waals surface area contributed by atoms with Crippen molar-refractivity contribution >= 4 is 17.5 Å². The number of hydrogen-bond donors (Lipinski definition) is 2. The molecule has 5 nitrogen and oxygen atoms in total. The molecule has 0 heterocycles. The Morgan fingerprint density at radius 2 is 1.85 bits per heavy atom. The van der Waals surface area contributed by atoms with Crippen LogP contribution in [0.4, 0.5) is 5.69 Å². The minimum atomic E-state index is -0.328. The Hall–Kier alpha value is -2.35. The minimum absolute atomic E-state index is 0.0337. The van der Waals surface area contributed by atoms with Crippen LogP contribution >= 0.6 is 0 Å². The smallest absolute Gasteiger partial charge is 0.238 e. The Morgan fingerprint density at radius 3 is 2.40 bits per heavy atom. The summed E-state index contributed by atoms with van der Waals surface area (Å²) in [6.45, 7) is 4.47. The number of benzene rings is 1. The third kappa shape index (κ3) is 6.01. The minimum Gasteiger partial charge on any atom is -0.352 e. The number of carbonyl (C=O) groups excluding carboxylic acids is 2. The lowest BCUT2D eigenvalue weighted by Gasteiger charge is -2.08. The van der Waals surface area contributed by atoms with Crippen molar-refractivity contribution in [3.05, 3.63) is 29.8 Å². The first-order valence-corrected chi connectivity index (χ1v) is 6.53. The van der Waals surface area contributed by atoms with E-state index < -0.39 is 0 Å². The molecule has 0 aliphatic heterocycles. The van der Waals surface area contributed by atoms with Crippen LogP contribution in [0, 0.1) is 17.2 Å². The first kappa shape index (κ1) is 15.7. The molecule has 20 heavy (non-hydrogen) atoms. The van der Waals surface area contributed by atoms with Gasteiger partial charge in [-0.1, -0.05) is 26.0 Å². The molecule has 2 amide bonds. The molecular formula is C15H19N3O2. The molecule has 0 spiro atoms. The average Bonchev–Trinajstić information content (AvgIpc) is 2.37. The summed E-state index contributed by atoms with van der Waals surface area (Å²) in [5.41, 5.74) is 1.60. The average molecular weight is 273 g/mol. The van der Waals surface area contributed by atoms with Crippen molar-refractivity contribution in [3.63, 3.8) is 0 Å². The van der Waals surface area contributed by atoms with E-state index in [0.29, 0.717) is 24.6 Å². The quantitative estimate of drug-likeness (QED) is 0.833. The zero-order valence-corrected chi connectivity index (χ0v) is 11.8. The fraction of sp³-hybridized carbons (Fsp3) is 0.400. The number of rotatable bonds is 6. The van der Waals surface area contributed by atoms with Gasteiger partial charge in [0.25, 0.3) is 0 Å². The normalized spacial score (nSPS) is 9.90. The summed E-state index contributed by atoms with van der Waals surface area (Å²) in [7, 11) is 0. The van der Waals surface area contributed by atoms with Crippen LogP contribution in [0.2, 0.25) is 0 Å². The van der Waals surface area contributed by atoms with Crippen molar-refractivity contribution in [1.82, 2.24) is 5.32 Å². The number of nitrogens with zero attached hydrogens (tertiary/aromatic N) is 1. The summed E-state index contributed by atoms with van der Waals surface area (Å²) in [6.07, 6.45) is 0.356. The topological polar surface area (TPSA) is 82.0 Å². The second-order valence-corrected chi connectivity index (χ2v) is 4.95. The van der Waals surface area contributed by atoms with E-state index in [2.05, 4.69) is 10.6 Å². The third-order valence-corrected chi connectivity index (χ3v) is 2.56. The summed E-state index contributed by atoms with van der Waals surface area (Å²) in [5, 5.41) is 13.8. The lowest BCUT2D eigenvalue weighted by molar-refractivity contribution is -0.122. The maximum absolute atomic E-state index is 11.5. The van der Waals surface area contributed by atoms with Crippen LogP contribution in [0.3, 0.4) is 0 Å². The van der Waals surface area contributed by atoms with Crippen molar-refractivity contribution in [3.8, 4) is 6.07 Å². The zero-order valence-electron chi connectivity index (χ0n) is 11.8. The lowest BCUT2D eigenvalue weighted by atomic mass is 10.1. The van der Waals surface area contributed by atoms with E-state index in [-0.39, 0.29) is 18.2 Å². The molecule has 0 aliphatic carbocycles. The maximum atomic E-state index is 11.5. The fourth-order valence-electron chi connectivity index (χ4n) is 1.63. The molecule has 106 valence electrons. The SMILES string of the molecule is CC(C)CC(=O)NCc1ccc(NC(=O)CC#N)cc1. The Morgan fingerprint density at radius 1 is 1.20 bits per heavy atom. The standard InChI is InChI=1S/C15H19N3O2/c1-11(2)9-15(20)17-10-12-3-5-13(6-4-12)18-14(19)7-8-16/h3-6,11H,7,9-10H2,1-2H3,(H,17,20)(H,18,19). The summed E-state index contributed by atoms with van der Waals surface area (Å²) in [5.74, 6) is 0.0459. The van der Waals surface area contributed by atoms with E-state index in [4.69, 9.17) is 5.26 Å². The monoisotopic (exact) mass is 273 g/mol. The number of nitriles is 1. The van der Waals surface area contributed by atoms with Crippen molar-refractivity contribution in [1.29, 1.82) is 5.26 Å². The van der Waals surface area contributed by atoms with Gasteiger partial charge < -0.3 is 10.6 Å². The van der Waals surface area contributed by atoms with E-state index in [9.17, 15) is 9.59 Å². The molecule has 2 N–H and O–H groups in total. The Kier molecular flexibility index (Phi) is 6.24. The fourth-order valence-corrected chi connectivity index (χ4v) is 1.63. The molecule has 1 aromatic rings. The van der Waals surface area contributed by atoms with Gasteiger partial charge in [-0.3, -0.25) is 9.59 Å². The second kappa shape index (κ2) is 7.95. The maximum Gasteiger partial charge on any atom is 0.238 e. The molecule has 0 bridgehead atoms. The predicted molar refractivity (Wildman–Crippen MR) is 76.6 cm³/mol. The molecule has 0 unspecified atom stereocenters. The molecule has 1 aromatic carbocycles. The predicted octanol–water partition coefficient (Wildman–Crippen LogP) is 2.20. The van der Waals surface area contributed by atoms with Crippen molar-refractivity contribution < 1.29 is 9.59 Å². The summed E-state index contributed by atoms with van der Waals surface area (Å²) >= 11 is 0. The van der Waals surface area contributed by atoms with Crippen LogP contribution in [0.25, 0.3) is 0 Å². The van der Waals surface area contributed by atoms with E-state index in [1.165, 1.54) is 0 Å². The van der Waals surface area contributed by atoms with Gasteiger partial charge in [-0.15, -0.1) is 0 Å². The third-order valence-electron chi connectivity index (χ3n) is 2.56. The molecule has 5 heteroatoms. The van der Waals surface area contributed by atoms with Crippen molar-refractivity contribution in [2.75, 3.05) is 5.32 Å². The molecule has 0 fully saturated rings. The largest absolute Gasteiger partial charge is 0.352 e. The van der Waals surface area contributed by atoms with Gasteiger partial charge in [0, 0.05) is 18.7 Å². The molecule has 0 aromatic heterocycles. The van der Waals surface area contributed by atoms with Gasteiger partial charge in [0.05, 0.1) is 6.07 Å². The molecular weight excluding hydrogens is 254 g/mol. The molecule has 0 radical (unpaired) electrons. The second-order valence-electron chi connectivity index (χ2n) is 4.95. The van der Waals surface area contributed by atoms with Crippen LogP contribution in [0.1, 0.15) is 32.3 Å². The highest BCUT2D eigenvalue weighted by Crippen LogP contribution is 2.10. The van der Waals surface area contributed by atoms with Gasteiger partial charge in [-0.25, -0.2) is 0 Å². The van der Waals surface area contributed by atoms with Crippen molar-refractivity contribution in [2.24, 2.45) is 5.92 Å². The Labute approximate surface area is 119 Å². The van der Waals surface area contributed by atoms with Gasteiger partial charge in [-0.05, 0) is 23.6 Å². The van der Waals surface area contributed by atoms with Crippen LogP contribution in [0.5, 0.6) is 0 Å². The van der Waals surface area contributed by atoms with Crippen LogP contribution in [-0.4, -0.2) is 11.8 Å². The van der Waals surface area contributed by atoms with Gasteiger partial charge in [-0.2, -0.15) is 5.26 Å². The van der Waals surface area contributed by atoms with Crippen LogP contribution in [-0.2, 0) is 16.1 Å². The highest BCUT2D eigenvalue weighted by molar-refractivity contribution is 5.92. The van der Waals surface area contributed by atoms with Gasteiger partial charge in [0.2, 0.25) is 11.8 Å². The van der Waals surface area contributed by atoms with E-state index in [1.54, 1.807) is 18.2 Å². The first-order chi connectivity index (χ1) is 9.51. The van der Waals surface area contributed by atoms with E-state index in [1.807, 2.05) is 26.0 Å². The van der Waals surface area contributed by atoms with Crippen LogP contribution in [0.15, 0.2) is 24.3 Å². The highest BCUT2D eigenvalue weighted by atomic mass is 16.2. The lowest BCUT2D eigenvalue weighted by Crippen LogP contribution is -2.23. The zero-order chi connectivity index (χ0) is 15.0. The number of carbonyl (C=O) groups is 2. The molecule has 0 atom stereocenters. The Bertz CT molecular complexity index is 501. The number of anilines is 1. The van der Waals surface area contributed by atoms with Crippen molar-refractivity contribution in [2.45, 2.75) is 33.2 Å². The molecule has 1 rings (SSSR count). The Balaban J connectivity index is 2.45. The van der Waals surface area contributed by atoms with Gasteiger partial charge >= 0.3 is 0 Å². The van der Waals surface area contributed by atoms with E-state index >= 15 is 0 Å². The van der Waals surface area contributed by atoms with E-state index in [0.717, 1.165) is 5.56 Å². The van der Waals surface area contributed by atoms with Gasteiger partial charge in [0.15, 0.2) is 0 Å². The number of amides is 2. The van der Waals surface area contributed by atoms with Crippen LogP contribution < -0.4 is 10.6 Å². The molecule has 0 saturated heterocycles. The summed E-state index contributed by atoms with van der Waals surface area (Å²) in [4.78, 5) is 22.7. The molecule has 0 aliphatic rings. The van der Waals surface area contributed by atoms with Gasteiger partial charge in [0.1, 0.15) is 6.42 Å². The number of hydrogen-bond acceptors (Lipinski definition) is 3.